The molecular formula is C22H24N4O2. The zero-order valence-electron chi connectivity index (χ0n) is 16.2. The molecule has 6 heteroatoms. The van der Waals surface area contributed by atoms with E-state index < -0.39 is 11.9 Å². The Hall–Kier alpha value is -3.41. The predicted octanol–water partition coefficient (Wildman–Crippen LogP) is 3.95. The number of para-hydroxylation sites is 2. The van der Waals surface area contributed by atoms with Gasteiger partial charge in [-0.05, 0) is 37.1 Å². The fourth-order valence-corrected chi connectivity index (χ4v) is 2.81. The number of pyridine rings is 1. The monoisotopic (exact) mass is 376 g/mol. The Morgan fingerprint density at radius 2 is 1.79 bits per heavy atom. The standard InChI is InChI=1S/C22H24N4O2/c1-13(2)14(3)28-20-11-7-5-9-16(20)19-12-17(21(27)26-22(23)24)15-8-4-6-10-18(15)25-19/h4-14H,1-3H3,(H4,23,24,26,27). The predicted molar refractivity (Wildman–Crippen MR) is 111 cm³/mol. The van der Waals surface area contributed by atoms with Gasteiger partial charge in [0.25, 0.3) is 5.91 Å². The molecule has 2 aromatic carbocycles. The van der Waals surface area contributed by atoms with Crippen LogP contribution in [-0.4, -0.2) is 23.0 Å². The molecule has 28 heavy (non-hydrogen) atoms. The molecular weight excluding hydrogens is 352 g/mol. The number of nitrogens with zero attached hydrogens (tertiary/aromatic N) is 1. The second-order valence-electron chi connectivity index (χ2n) is 7.00. The summed E-state index contributed by atoms with van der Waals surface area (Å²) in [6.45, 7) is 6.23. The lowest BCUT2D eigenvalue weighted by molar-refractivity contribution is 0.0978. The van der Waals surface area contributed by atoms with E-state index in [1.54, 1.807) is 6.07 Å². The topological polar surface area (TPSA) is 101 Å². The highest BCUT2D eigenvalue weighted by Crippen LogP contribution is 2.32. The van der Waals surface area contributed by atoms with Crippen molar-refractivity contribution in [1.29, 1.82) is 5.41 Å². The average molecular weight is 376 g/mol. The smallest absolute Gasteiger partial charge is 0.258 e. The van der Waals surface area contributed by atoms with Gasteiger partial charge in [0.05, 0.1) is 22.9 Å². The molecule has 0 radical (unpaired) electrons. The van der Waals surface area contributed by atoms with E-state index >= 15 is 0 Å². The second kappa shape index (κ2) is 8.08. The summed E-state index contributed by atoms with van der Waals surface area (Å²) in [6.07, 6.45) is 0.0297. The first-order valence-corrected chi connectivity index (χ1v) is 9.18. The fraction of sp³-hybridized carbons (Fsp3) is 0.227. The number of amides is 1. The van der Waals surface area contributed by atoms with E-state index in [0.29, 0.717) is 33.8 Å². The Labute approximate surface area is 164 Å². The van der Waals surface area contributed by atoms with E-state index in [1.165, 1.54) is 0 Å². The Morgan fingerprint density at radius 1 is 1.11 bits per heavy atom. The van der Waals surface area contributed by atoms with E-state index in [1.807, 2.05) is 55.5 Å². The number of carbonyl (C=O) groups is 1. The largest absolute Gasteiger partial charge is 0.490 e. The summed E-state index contributed by atoms with van der Waals surface area (Å²) >= 11 is 0. The van der Waals surface area contributed by atoms with Crippen molar-refractivity contribution in [3.8, 4) is 17.0 Å². The summed E-state index contributed by atoms with van der Waals surface area (Å²) in [5, 5.41) is 10.4. The van der Waals surface area contributed by atoms with E-state index in [2.05, 4.69) is 19.2 Å². The third-order valence-electron chi connectivity index (χ3n) is 4.62. The molecule has 1 atom stereocenters. The molecule has 0 bridgehead atoms. The lowest BCUT2D eigenvalue weighted by Gasteiger charge is -2.20. The summed E-state index contributed by atoms with van der Waals surface area (Å²) in [6, 6.07) is 16.7. The maximum Gasteiger partial charge on any atom is 0.258 e. The quantitative estimate of drug-likeness (QED) is 0.463. The Kier molecular flexibility index (Phi) is 5.59. The zero-order valence-corrected chi connectivity index (χ0v) is 16.2. The Bertz CT molecular complexity index is 1030. The number of hydrogen-bond donors (Lipinski definition) is 3. The van der Waals surface area contributed by atoms with Crippen molar-refractivity contribution < 1.29 is 9.53 Å². The van der Waals surface area contributed by atoms with Gasteiger partial charge in [-0.3, -0.25) is 15.5 Å². The molecule has 3 rings (SSSR count). The first kappa shape index (κ1) is 19.4. The van der Waals surface area contributed by atoms with Crippen molar-refractivity contribution in [2.75, 3.05) is 0 Å². The molecule has 0 spiro atoms. The molecule has 0 aliphatic rings. The number of ether oxygens (including phenoxy) is 1. The van der Waals surface area contributed by atoms with Crippen LogP contribution in [0.4, 0.5) is 0 Å². The van der Waals surface area contributed by atoms with Gasteiger partial charge in [0.1, 0.15) is 5.75 Å². The van der Waals surface area contributed by atoms with E-state index in [4.69, 9.17) is 20.9 Å². The van der Waals surface area contributed by atoms with Gasteiger partial charge in [0.2, 0.25) is 0 Å². The molecule has 4 N–H and O–H groups in total. The number of hydrogen-bond acceptors (Lipinski definition) is 4. The highest BCUT2D eigenvalue weighted by Gasteiger charge is 2.18. The highest BCUT2D eigenvalue weighted by molar-refractivity contribution is 6.12. The van der Waals surface area contributed by atoms with Gasteiger partial charge in [-0.1, -0.05) is 44.2 Å². The van der Waals surface area contributed by atoms with Crippen molar-refractivity contribution in [3.63, 3.8) is 0 Å². The van der Waals surface area contributed by atoms with Gasteiger partial charge in [-0.25, -0.2) is 4.98 Å². The normalized spacial score (nSPS) is 12.0. The first-order valence-electron chi connectivity index (χ1n) is 9.18. The molecule has 6 nitrogen and oxygen atoms in total. The number of fused-ring (bicyclic) bond motifs is 1. The van der Waals surface area contributed by atoms with Crippen LogP contribution in [0.1, 0.15) is 31.1 Å². The van der Waals surface area contributed by atoms with Crippen LogP contribution in [0.5, 0.6) is 5.75 Å². The number of guanidine groups is 1. The van der Waals surface area contributed by atoms with E-state index in [9.17, 15) is 4.79 Å². The zero-order chi connectivity index (χ0) is 20.3. The van der Waals surface area contributed by atoms with Crippen molar-refractivity contribution >= 4 is 22.8 Å². The van der Waals surface area contributed by atoms with Gasteiger partial charge in [-0.2, -0.15) is 0 Å². The van der Waals surface area contributed by atoms with Crippen LogP contribution < -0.4 is 15.8 Å². The van der Waals surface area contributed by atoms with Crippen molar-refractivity contribution in [3.05, 3.63) is 60.2 Å². The van der Waals surface area contributed by atoms with Crippen molar-refractivity contribution in [2.45, 2.75) is 26.9 Å². The van der Waals surface area contributed by atoms with Gasteiger partial charge in [0.15, 0.2) is 5.96 Å². The minimum atomic E-state index is -0.443. The summed E-state index contributed by atoms with van der Waals surface area (Å²) in [7, 11) is 0. The fourth-order valence-electron chi connectivity index (χ4n) is 2.81. The third-order valence-corrected chi connectivity index (χ3v) is 4.62. The van der Waals surface area contributed by atoms with Crippen molar-refractivity contribution in [2.24, 2.45) is 11.7 Å². The van der Waals surface area contributed by atoms with Crippen LogP contribution in [0.15, 0.2) is 54.6 Å². The SMILES string of the molecule is CC(C)C(C)Oc1ccccc1-c1cc(C(=O)NC(=N)N)c2ccccc2n1. The molecule has 144 valence electrons. The Morgan fingerprint density at radius 3 is 2.50 bits per heavy atom. The highest BCUT2D eigenvalue weighted by atomic mass is 16.5. The molecule has 0 saturated carbocycles. The van der Waals surface area contributed by atoms with Crippen LogP contribution in [-0.2, 0) is 0 Å². The molecule has 1 aromatic heterocycles. The van der Waals surface area contributed by atoms with Crippen LogP contribution in [0.25, 0.3) is 22.2 Å². The Balaban J connectivity index is 2.14. The van der Waals surface area contributed by atoms with Gasteiger partial charge in [-0.15, -0.1) is 0 Å². The molecule has 0 aliphatic heterocycles. The molecule has 0 aliphatic carbocycles. The van der Waals surface area contributed by atoms with Crippen LogP contribution in [0.3, 0.4) is 0 Å². The molecule has 1 heterocycles. The number of benzene rings is 2. The molecule has 0 fully saturated rings. The lowest BCUT2D eigenvalue weighted by Crippen LogP contribution is -2.35. The maximum absolute atomic E-state index is 12.6. The molecule has 3 aromatic rings. The number of carbonyl (C=O) groups excluding carboxylic acids is 1. The van der Waals surface area contributed by atoms with Crippen LogP contribution in [0.2, 0.25) is 0 Å². The number of nitrogens with two attached hydrogens (primary N) is 1. The van der Waals surface area contributed by atoms with Crippen LogP contribution in [0, 0.1) is 11.3 Å². The number of rotatable bonds is 5. The lowest BCUT2D eigenvalue weighted by atomic mass is 10.0. The molecule has 0 saturated heterocycles. The number of aromatic nitrogens is 1. The second-order valence-corrected chi connectivity index (χ2v) is 7.00. The first-order chi connectivity index (χ1) is 13.4. The van der Waals surface area contributed by atoms with E-state index in [-0.39, 0.29) is 6.10 Å². The summed E-state index contributed by atoms with van der Waals surface area (Å²) in [5.41, 5.74) is 7.86. The number of nitrogens with one attached hydrogen (secondary N) is 2. The summed E-state index contributed by atoms with van der Waals surface area (Å²) in [5.74, 6) is 0.224. The minimum absolute atomic E-state index is 0.0297. The van der Waals surface area contributed by atoms with Gasteiger partial charge < -0.3 is 10.5 Å². The third kappa shape index (κ3) is 4.11. The summed E-state index contributed by atoms with van der Waals surface area (Å²) < 4.78 is 6.14. The van der Waals surface area contributed by atoms with E-state index in [0.717, 1.165) is 5.56 Å². The molecule has 1 unspecified atom stereocenters. The summed E-state index contributed by atoms with van der Waals surface area (Å²) in [4.78, 5) is 17.3. The van der Waals surface area contributed by atoms with Gasteiger partial charge in [0, 0.05) is 10.9 Å². The van der Waals surface area contributed by atoms with Crippen molar-refractivity contribution in [1.82, 2.24) is 10.3 Å². The maximum atomic E-state index is 12.6. The van der Waals surface area contributed by atoms with Gasteiger partial charge >= 0.3 is 0 Å². The molecule has 1 amide bonds. The van der Waals surface area contributed by atoms with Crippen LogP contribution >= 0.6 is 0 Å². The minimum Gasteiger partial charge on any atom is -0.490 e. The average Bonchev–Trinajstić information content (AvgIpc) is 2.66.